The molecule has 1 aliphatic heterocycles. The van der Waals surface area contributed by atoms with E-state index in [9.17, 15) is 22.8 Å². The van der Waals surface area contributed by atoms with Crippen molar-refractivity contribution in [3.8, 4) is 0 Å². The van der Waals surface area contributed by atoms with Crippen molar-refractivity contribution in [1.82, 2.24) is 19.8 Å². The monoisotopic (exact) mass is 396 g/mol. The highest BCUT2D eigenvalue weighted by atomic mass is 19.4. The second-order valence-corrected chi connectivity index (χ2v) is 7.03. The van der Waals surface area contributed by atoms with Gasteiger partial charge >= 0.3 is 6.18 Å². The molecule has 152 valence electrons. The summed E-state index contributed by atoms with van der Waals surface area (Å²) < 4.78 is 36.8. The van der Waals surface area contributed by atoms with Gasteiger partial charge in [0.15, 0.2) is 0 Å². The Morgan fingerprint density at radius 1 is 1.21 bits per heavy atom. The number of alkyl halides is 3. The van der Waals surface area contributed by atoms with Crippen LogP contribution in [-0.4, -0.2) is 58.0 Å². The molecule has 1 fully saturated rings. The van der Waals surface area contributed by atoms with Crippen LogP contribution in [0.15, 0.2) is 23.1 Å². The van der Waals surface area contributed by atoms with E-state index in [2.05, 4.69) is 14.9 Å². The first-order chi connectivity index (χ1) is 13.2. The van der Waals surface area contributed by atoms with E-state index in [1.165, 1.54) is 4.90 Å². The number of H-pyrrole nitrogens is 1. The minimum atomic E-state index is -4.31. The molecule has 0 bridgehead atoms. The predicted octanol–water partition coefficient (Wildman–Crippen LogP) is 2.47. The predicted molar refractivity (Wildman–Crippen MR) is 98.9 cm³/mol. The fraction of sp³-hybridized carbons (Fsp3) is 0.526. The van der Waals surface area contributed by atoms with Gasteiger partial charge in [-0.2, -0.15) is 13.2 Å². The SMILES string of the molecule is CCc1cc2ncc(CN3CCN(C(=O)CCC(F)(F)F)CC3)cc2[nH]c1=O. The molecule has 0 aromatic carbocycles. The number of hydrogen-bond acceptors (Lipinski definition) is 4. The summed E-state index contributed by atoms with van der Waals surface area (Å²) in [4.78, 5) is 34.8. The third kappa shape index (κ3) is 5.09. The Labute approximate surface area is 160 Å². The Kier molecular flexibility index (Phi) is 6.02. The summed E-state index contributed by atoms with van der Waals surface area (Å²) in [6, 6.07) is 3.69. The summed E-state index contributed by atoms with van der Waals surface area (Å²) in [6.07, 6.45) is -3.47. The number of aromatic amines is 1. The molecule has 1 aliphatic rings. The van der Waals surface area contributed by atoms with Gasteiger partial charge in [-0.1, -0.05) is 6.92 Å². The summed E-state index contributed by atoms with van der Waals surface area (Å²) in [6.45, 7) is 4.51. The molecule has 1 saturated heterocycles. The van der Waals surface area contributed by atoms with Crippen LogP contribution in [-0.2, 0) is 17.8 Å². The summed E-state index contributed by atoms with van der Waals surface area (Å²) in [5.74, 6) is -0.450. The fourth-order valence-electron chi connectivity index (χ4n) is 3.34. The van der Waals surface area contributed by atoms with E-state index < -0.39 is 24.9 Å². The molecule has 3 heterocycles. The average molecular weight is 396 g/mol. The average Bonchev–Trinajstić information content (AvgIpc) is 2.65. The number of carbonyl (C=O) groups excluding carboxylic acids is 1. The van der Waals surface area contributed by atoms with Crippen molar-refractivity contribution in [3.63, 3.8) is 0 Å². The van der Waals surface area contributed by atoms with Crippen molar-refractivity contribution in [1.29, 1.82) is 0 Å². The first kappa shape index (κ1) is 20.3. The maximum atomic E-state index is 12.3. The Morgan fingerprint density at radius 3 is 2.57 bits per heavy atom. The molecular weight excluding hydrogens is 373 g/mol. The van der Waals surface area contributed by atoms with Crippen LogP contribution in [0.4, 0.5) is 13.2 Å². The van der Waals surface area contributed by atoms with Crippen molar-refractivity contribution in [2.75, 3.05) is 26.2 Å². The standard InChI is InChI=1S/C19H23F3N4O2/c1-2-14-10-15-16(24-18(14)28)9-13(11-23-15)12-25-5-7-26(8-6-25)17(27)3-4-19(20,21)22/h9-11H,2-8,12H2,1H3,(H,24,28). The fourth-order valence-corrected chi connectivity index (χ4v) is 3.34. The van der Waals surface area contributed by atoms with Crippen molar-refractivity contribution in [2.45, 2.75) is 38.9 Å². The van der Waals surface area contributed by atoms with Gasteiger partial charge in [-0.3, -0.25) is 19.5 Å². The number of nitrogens with zero attached hydrogens (tertiary/aromatic N) is 3. The van der Waals surface area contributed by atoms with Crippen LogP contribution < -0.4 is 5.56 Å². The van der Waals surface area contributed by atoms with Gasteiger partial charge in [-0.15, -0.1) is 0 Å². The first-order valence-electron chi connectivity index (χ1n) is 9.33. The van der Waals surface area contributed by atoms with E-state index in [4.69, 9.17) is 0 Å². The lowest BCUT2D eigenvalue weighted by Gasteiger charge is -2.34. The molecule has 0 aliphatic carbocycles. The largest absolute Gasteiger partial charge is 0.389 e. The lowest BCUT2D eigenvalue weighted by molar-refractivity contribution is -0.150. The zero-order valence-corrected chi connectivity index (χ0v) is 15.7. The molecule has 1 N–H and O–H groups in total. The highest BCUT2D eigenvalue weighted by Gasteiger charge is 2.30. The normalized spacial score (nSPS) is 15.9. The molecule has 0 unspecified atom stereocenters. The van der Waals surface area contributed by atoms with Crippen molar-refractivity contribution < 1.29 is 18.0 Å². The van der Waals surface area contributed by atoms with Gasteiger partial charge < -0.3 is 9.88 Å². The highest BCUT2D eigenvalue weighted by molar-refractivity contribution is 5.76. The van der Waals surface area contributed by atoms with Crippen LogP contribution in [0.3, 0.4) is 0 Å². The second-order valence-electron chi connectivity index (χ2n) is 7.03. The molecule has 2 aromatic rings. The quantitative estimate of drug-likeness (QED) is 0.843. The minimum Gasteiger partial charge on any atom is -0.340 e. The van der Waals surface area contributed by atoms with Gasteiger partial charge in [0, 0.05) is 50.9 Å². The van der Waals surface area contributed by atoms with Gasteiger partial charge in [0.1, 0.15) is 0 Å². The Balaban J connectivity index is 1.57. The van der Waals surface area contributed by atoms with Gasteiger partial charge in [0.05, 0.1) is 17.5 Å². The lowest BCUT2D eigenvalue weighted by atomic mass is 10.1. The number of amides is 1. The number of piperazine rings is 1. The zero-order valence-electron chi connectivity index (χ0n) is 15.7. The molecule has 0 spiro atoms. The number of hydrogen-bond donors (Lipinski definition) is 1. The van der Waals surface area contributed by atoms with Crippen LogP contribution in [0.5, 0.6) is 0 Å². The third-order valence-corrected chi connectivity index (χ3v) is 4.96. The highest BCUT2D eigenvalue weighted by Crippen LogP contribution is 2.22. The van der Waals surface area contributed by atoms with E-state index in [1.54, 1.807) is 12.3 Å². The van der Waals surface area contributed by atoms with E-state index in [0.29, 0.717) is 50.2 Å². The lowest BCUT2D eigenvalue weighted by Crippen LogP contribution is -2.48. The number of aryl methyl sites for hydroxylation is 1. The molecule has 28 heavy (non-hydrogen) atoms. The Hall–Kier alpha value is -2.42. The Bertz CT molecular complexity index is 902. The maximum absolute atomic E-state index is 12.3. The van der Waals surface area contributed by atoms with Gasteiger partial charge in [0.25, 0.3) is 5.56 Å². The molecule has 3 rings (SSSR count). The number of nitrogens with one attached hydrogen (secondary N) is 1. The number of carbonyl (C=O) groups is 1. The summed E-state index contributed by atoms with van der Waals surface area (Å²) >= 11 is 0. The molecule has 1 amide bonds. The molecule has 0 radical (unpaired) electrons. The van der Waals surface area contributed by atoms with E-state index >= 15 is 0 Å². The van der Waals surface area contributed by atoms with Crippen molar-refractivity contribution >= 4 is 16.9 Å². The van der Waals surface area contributed by atoms with Crippen LogP contribution in [0.2, 0.25) is 0 Å². The van der Waals surface area contributed by atoms with E-state index in [-0.39, 0.29) is 5.56 Å². The Morgan fingerprint density at radius 2 is 1.93 bits per heavy atom. The van der Waals surface area contributed by atoms with E-state index in [0.717, 1.165) is 11.1 Å². The number of rotatable bonds is 5. The number of aromatic nitrogens is 2. The molecular formula is C19H23F3N4O2. The molecule has 2 aromatic heterocycles. The van der Waals surface area contributed by atoms with Gasteiger partial charge in [-0.05, 0) is 24.1 Å². The third-order valence-electron chi connectivity index (χ3n) is 4.96. The van der Waals surface area contributed by atoms with Crippen molar-refractivity contribution in [2.24, 2.45) is 0 Å². The number of fused-ring (bicyclic) bond motifs is 1. The summed E-state index contributed by atoms with van der Waals surface area (Å²) in [5, 5.41) is 0. The van der Waals surface area contributed by atoms with E-state index in [1.807, 2.05) is 13.0 Å². The molecule has 9 heteroatoms. The molecule has 0 atom stereocenters. The molecule has 0 saturated carbocycles. The summed E-state index contributed by atoms with van der Waals surface area (Å²) in [7, 11) is 0. The smallest absolute Gasteiger partial charge is 0.340 e. The summed E-state index contributed by atoms with van der Waals surface area (Å²) in [5.41, 5.74) is 2.93. The van der Waals surface area contributed by atoms with Gasteiger partial charge in [0.2, 0.25) is 5.91 Å². The topological polar surface area (TPSA) is 69.3 Å². The van der Waals surface area contributed by atoms with Crippen LogP contribution in [0.1, 0.15) is 30.9 Å². The minimum absolute atomic E-state index is 0.111. The molecule has 6 nitrogen and oxygen atoms in total. The second kappa shape index (κ2) is 8.30. The van der Waals surface area contributed by atoms with Crippen LogP contribution >= 0.6 is 0 Å². The van der Waals surface area contributed by atoms with Crippen LogP contribution in [0.25, 0.3) is 11.0 Å². The number of halogens is 3. The maximum Gasteiger partial charge on any atom is 0.389 e. The van der Waals surface area contributed by atoms with Crippen molar-refractivity contribution in [3.05, 3.63) is 39.8 Å². The zero-order chi connectivity index (χ0) is 20.3. The number of pyridine rings is 2. The van der Waals surface area contributed by atoms with Crippen LogP contribution in [0, 0.1) is 0 Å². The van der Waals surface area contributed by atoms with Gasteiger partial charge in [-0.25, -0.2) is 0 Å². The first-order valence-corrected chi connectivity index (χ1v) is 9.33.